The number of methoxy groups -OCH3 is 1. The fourth-order valence-electron chi connectivity index (χ4n) is 1.86. The lowest BCUT2D eigenvalue weighted by atomic mass is 9.99. The van der Waals surface area contributed by atoms with E-state index in [1.807, 2.05) is 0 Å². The number of nitrogens with zero attached hydrogens (tertiary/aromatic N) is 1. The summed E-state index contributed by atoms with van der Waals surface area (Å²) in [5.74, 6) is -1.80. The highest BCUT2D eigenvalue weighted by atomic mass is 16.6. The number of hydrogen-bond donors (Lipinski definition) is 2. The number of nitro benzene ring substituents is 1. The van der Waals surface area contributed by atoms with Crippen molar-refractivity contribution in [2.24, 2.45) is 0 Å². The standard InChI is InChI=1S/C13H16N2O6/c1-13(2,7-10(16)17)14-12(18)11-8(15(19)20)5-4-6-9(11)21-3/h4-6H,7H2,1-3H3,(H,14,18)(H,16,17). The third-order valence-corrected chi connectivity index (χ3v) is 2.69. The molecule has 1 aromatic rings. The minimum absolute atomic E-state index is 0.0489. The smallest absolute Gasteiger partial charge is 0.305 e. The van der Waals surface area contributed by atoms with E-state index >= 15 is 0 Å². The van der Waals surface area contributed by atoms with Crippen LogP contribution in [0.3, 0.4) is 0 Å². The van der Waals surface area contributed by atoms with E-state index in [-0.39, 0.29) is 17.7 Å². The van der Waals surface area contributed by atoms with E-state index in [2.05, 4.69) is 5.32 Å². The van der Waals surface area contributed by atoms with Crippen molar-refractivity contribution in [2.75, 3.05) is 7.11 Å². The van der Waals surface area contributed by atoms with Gasteiger partial charge in [0.15, 0.2) is 5.56 Å². The number of carbonyl (C=O) groups excluding carboxylic acids is 1. The van der Waals surface area contributed by atoms with E-state index in [0.717, 1.165) is 0 Å². The quantitative estimate of drug-likeness (QED) is 0.607. The predicted octanol–water partition coefficient (Wildman–Crippen LogP) is 1.59. The monoisotopic (exact) mass is 296 g/mol. The first-order valence-electron chi connectivity index (χ1n) is 6.03. The molecule has 0 aliphatic heterocycles. The zero-order valence-electron chi connectivity index (χ0n) is 11.9. The molecule has 2 N–H and O–H groups in total. The van der Waals surface area contributed by atoms with Crippen LogP contribution in [0.4, 0.5) is 5.69 Å². The normalized spacial score (nSPS) is 10.8. The Morgan fingerprint density at radius 3 is 2.52 bits per heavy atom. The van der Waals surface area contributed by atoms with Gasteiger partial charge in [-0.25, -0.2) is 0 Å². The minimum atomic E-state index is -1.09. The molecule has 0 atom stereocenters. The summed E-state index contributed by atoms with van der Waals surface area (Å²) in [6.07, 6.45) is -0.318. The van der Waals surface area contributed by atoms with Crippen LogP contribution in [0, 0.1) is 10.1 Å². The number of carboxylic acid groups (broad SMARTS) is 1. The maximum absolute atomic E-state index is 12.3. The molecule has 0 aromatic heterocycles. The van der Waals surface area contributed by atoms with Gasteiger partial charge in [-0.3, -0.25) is 19.7 Å². The van der Waals surface area contributed by atoms with Gasteiger partial charge in [0.2, 0.25) is 0 Å². The summed E-state index contributed by atoms with van der Waals surface area (Å²) in [5, 5.41) is 22.3. The van der Waals surface area contributed by atoms with Crippen molar-refractivity contribution in [1.82, 2.24) is 5.32 Å². The first-order chi connectivity index (χ1) is 9.68. The minimum Gasteiger partial charge on any atom is -0.496 e. The number of hydrogen-bond acceptors (Lipinski definition) is 5. The summed E-state index contributed by atoms with van der Waals surface area (Å²) in [5.41, 5.74) is -1.70. The van der Waals surface area contributed by atoms with Gasteiger partial charge in [-0.2, -0.15) is 0 Å². The number of aliphatic carboxylic acids is 1. The van der Waals surface area contributed by atoms with Crippen molar-refractivity contribution < 1.29 is 24.4 Å². The maximum Gasteiger partial charge on any atom is 0.305 e. The number of nitro groups is 1. The lowest BCUT2D eigenvalue weighted by molar-refractivity contribution is -0.385. The van der Waals surface area contributed by atoms with E-state index in [0.29, 0.717) is 0 Å². The lowest BCUT2D eigenvalue weighted by Gasteiger charge is -2.24. The summed E-state index contributed by atoms with van der Waals surface area (Å²) in [7, 11) is 1.29. The molecule has 0 spiro atoms. The van der Waals surface area contributed by atoms with Crippen molar-refractivity contribution in [3.8, 4) is 5.75 Å². The van der Waals surface area contributed by atoms with Gasteiger partial charge in [0, 0.05) is 11.6 Å². The van der Waals surface area contributed by atoms with Crippen LogP contribution in [0.1, 0.15) is 30.6 Å². The fourth-order valence-corrected chi connectivity index (χ4v) is 1.86. The summed E-state index contributed by atoms with van der Waals surface area (Å²) in [6, 6.07) is 4.00. The van der Waals surface area contributed by atoms with Crippen LogP contribution >= 0.6 is 0 Å². The molecule has 1 rings (SSSR count). The molecule has 1 amide bonds. The van der Waals surface area contributed by atoms with Crippen LogP contribution < -0.4 is 10.1 Å². The van der Waals surface area contributed by atoms with Gasteiger partial charge in [-0.1, -0.05) is 6.07 Å². The molecular weight excluding hydrogens is 280 g/mol. The van der Waals surface area contributed by atoms with Crippen molar-refractivity contribution in [2.45, 2.75) is 25.8 Å². The van der Waals surface area contributed by atoms with Gasteiger partial charge in [-0.15, -0.1) is 0 Å². The summed E-state index contributed by atoms with van der Waals surface area (Å²) in [6.45, 7) is 3.03. The molecule has 0 aliphatic carbocycles. The molecule has 0 heterocycles. The van der Waals surface area contributed by atoms with Gasteiger partial charge in [0.05, 0.1) is 18.5 Å². The Balaban J connectivity index is 3.18. The Morgan fingerprint density at radius 1 is 1.43 bits per heavy atom. The Hall–Kier alpha value is -2.64. The third kappa shape index (κ3) is 4.16. The Morgan fingerprint density at radius 2 is 2.05 bits per heavy atom. The average molecular weight is 296 g/mol. The van der Waals surface area contributed by atoms with Crippen LogP contribution in [-0.2, 0) is 4.79 Å². The van der Waals surface area contributed by atoms with Crippen LogP contribution in [0.2, 0.25) is 0 Å². The number of carbonyl (C=O) groups is 2. The van der Waals surface area contributed by atoms with Gasteiger partial charge in [0.25, 0.3) is 11.6 Å². The van der Waals surface area contributed by atoms with E-state index in [9.17, 15) is 19.7 Å². The highest BCUT2D eigenvalue weighted by Crippen LogP contribution is 2.28. The van der Waals surface area contributed by atoms with Gasteiger partial charge in [0.1, 0.15) is 5.75 Å². The molecule has 1 aromatic carbocycles. The van der Waals surface area contributed by atoms with E-state index in [1.165, 1.54) is 39.2 Å². The largest absolute Gasteiger partial charge is 0.496 e. The first-order valence-corrected chi connectivity index (χ1v) is 6.03. The molecule has 8 heteroatoms. The molecule has 0 saturated carbocycles. The highest BCUT2D eigenvalue weighted by molar-refractivity contribution is 6.01. The second-order valence-electron chi connectivity index (χ2n) is 5.02. The van der Waals surface area contributed by atoms with Crippen molar-refractivity contribution in [1.29, 1.82) is 0 Å². The predicted molar refractivity (Wildman–Crippen MR) is 73.4 cm³/mol. The number of ether oxygens (including phenoxy) is 1. The van der Waals surface area contributed by atoms with Gasteiger partial charge < -0.3 is 15.2 Å². The molecule has 0 unspecified atom stereocenters. The van der Waals surface area contributed by atoms with E-state index in [4.69, 9.17) is 9.84 Å². The van der Waals surface area contributed by atoms with E-state index in [1.54, 1.807) is 0 Å². The van der Waals surface area contributed by atoms with E-state index < -0.39 is 28.0 Å². The number of nitrogens with one attached hydrogen (secondary N) is 1. The molecular formula is C13H16N2O6. The van der Waals surface area contributed by atoms with Gasteiger partial charge in [-0.05, 0) is 19.9 Å². The molecule has 21 heavy (non-hydrogen) atoms. The molecule has 8 nitrogen and oxygen atoms in total. The fraction of sp³-hybridized carbons (Fsp3) is 0.385. The molecule has 0 bridgehead atoms. The van der Waals surface area contributed by atoms with Crippen LogP contribution in [0.15, 0.2) is 18.2 Å². The van der Waals surface area contributed by atoms with Crippen LogP contribution in [-0.4, -0.2) is 34.6 Å². The zero-order chi connectivity index (χ0) is 16.2. The number of amides is 1. The molecule has 114 valence electrons. The highest BCUT2D eigenvalue weighted by Gasteiger charge is 2.30. The summed E-state index contributed by atoms with van der Waals surface area (Å²) < 4.78 is 4.97. The third-order valence-electron chi connectivity index (χ3n) is 2.69. The zero-order valence-corrected chi connectivity index (χ0v) is 11.9. The first kappa shape index (κ1) is 16.4. The maximum atomic E-state index is 12.3. The number of carboxylic acids is 1. The topological polar surface area (TPSA) is 119 Å². The Bertz CT molecular complexity index is 582. The second kappa shape index (κ2) is 6.21. The Kier molecular flexibility index (Phi) is 4.85. The van der Waals surface area contributed by atoms with Crippen LogP contribution in [0.25, 0.3) is 0 Å². The molecule has 0 aliphatic rings. The SMILES string of the molecule is COc1cccc([N+](=O)[O-])c1C(=O)NC(C)(C)CC(=O)O. The lowest BCUT2D eigenvalue weighted by Crippen LogP contribution is -2.45. The molecule has 0 fully saturated rings. The van der Waals surface area contributed by atoms with Crippen molar-refractivity contribution in [3.05, 3.63) is 33.9 Å². The van der Waals surface area contributed by atoms with Gasteiger partial charge >= 0.3 is 5.97 Å². The Labute approximate surface area is 120 Å². The second-order valence-corrected chi connectivity index (χ2v) is 5.02. The summed E-state index contributed by atoms with van der Waals surface area (Å²) >= 11 is 0. The number of benzene rings is 1. The average Bonchev–Trinajstić information content (AvgIpc) is 2.35. The summed E-state index contributed by atoms with van der Waals surface area (Å²) in [4.78, 5) is 33.3. The van der Waals surface area contributed by atoms with Crippen molar-refractivity contribution >= 4 is 17.6 Å². The van der Waals surface area contributed by atoms with Crippen LogP contribution in [0.5, 0.6) is 5.75 Å². The molecule has 0 saturated heterocycles. The van der Waals surface area contributed by atoms with Crippen molar-refractivity contribution in [3.63, 3.8) is 0 Å². The number of rotatable bonds is 6. The molecule has 0 radical (unpaired) electrons.